The van der Waals surface area contributed by atoms with Gasteiger partial charge in [-0.05, 0) is 31.4 Å². The highest BCUT2D eigenvalue weighted by Gasteiger charge is 2.49. The number of aliphatic carboxylic acids is 1. The largest absolute Gasteiger partial charge is 0.552 e. The summed E-state index contributed by atoms with van der Waals surface area (Å²) in [6, 6.07) is 11.1. The van der Waals surface area contributed by atoms with Gasteiger partial charge in [0.1, 0.15) is 17.8 Å². The Bertz CT molecular complexity index is 1160. The highest BCUT2D eigenvalue weighted by Crippen LogP contribution is 2.19. The van der Waals surface area contributed by atoms with Gasteiger partial charge in [-0.3, -0.25) is 14.4 Å². The number of nitrogens with one attached hydrogen (secondary N) is 2. The maximum atomic E-state index is 13.2. The Morgan fingerprint density at radius 2 is 1.76 bits per heavy atom. The zero-order valence-electron chi connectivity index (χ0n) is 21.2. The summed E-state index contributed by atoms with van der Waals surface area (Å²) >= 11 is 0. The Kier molecular flexibility index (Phi) is 9.56. The molecular weight excluding hydrogens is 495 g/mol. The molecule has 0 spiro atoms. The molecule has 6 N–H and O–H groups in total. The fourth-order valence-corrected chi connectivity index (χ4v) is 3.93. The summed E-state index contributed by atoms with van der Waals surface area (Å²) in [4.78, 5) is 54.2. The standard InChI is InChI=1S/C25H31BN4O8/c1-13(2)12-18(26-37-21(24(34)35)19(27)25(36)38-26)29-23(33)20(14(3)31)30-22(32)17-11-7-10-16(28-17)15-8-5-4-6-9-15/h4-11,13-14,18-21,31H,12,27H2,1-3H3,(H,29,33)(H,30,32)(H,34,35)/t14-,18+,19+,20+,21-/m1/s1. The number of nitrogens with two attached hydrogens (primary N) is 1. The first kappa shape index (κ1) is 28.8. The number of pyridine rings is 1. The molecule has 1 aromatic heterocycles. The summed E-state index contributed by atoms with van der Waals surface area (Å²) in [5, 5.41) is 24.8. The molecule has 2 amide bonds. The lowest BCUT2D eigenvalue weighted by molar-refractivity contribution is -0.159. The van der Waals surface area contributed by atoms with E-state index in [1.54, 1.807) is 12.1 Å². The number of hydrogen-bond acceptors (Lipinski definition) is 9. The molecule has 0 aliphatic carbocycles. The van der Waals surface area contributed by atoms with Gasteiger partial charge in [-0.25, -0.2) is 9.78 Å². The molecule has 12 nitrogen and oxygen atoms in total. The molecule has 5 atom stereocenters. The summed E-state index contributed by atoms with van der Waals surface area (Å²) in [7, 11) is -1.44. The van der Waals surface area contributed by atoms with E-state index in [0.717, 1.165) is 5.56 Å². The van der Waals surface area contributed by atoms with Crippen molar-refractivity contribution in [3.8, 4) is 11.3 Å². The van der Waals surface area contributed by atoms with Crippen molar-refractivity contribution >= 4 is 30.9 Å². The van der Waals surface area contributed by atoms with Crippen LogP contribution < -0.4 is 16.4 Å². The predicted octanol–water partition coefficient (Wildman–Crippen LogP) is 0.140. The number of aromatic nitrogens is 1. The molecule has 1 fully saturated rings. The molecule has 0 unspecified atom stereocenters. The number of carbonyl (C=O) groups is 4. The predicted molar refractivity (Wildman–Crippen MR) is 136 cm³/mol. The lowest BCUT2D eigenvalue weighted by atomic mass is 9.72. The smallest absolute Gasteiger partial charge is 0.507 e. The summed E-state index contributed by atoms with van der Waals surface area (Å²) in [6.45, 7) is 5.00. The number of carbonyl (C=O) groups excluding carboxylic acids is 3. The van der Waals surface area contributed by atoms with Crippen LogP contribution in [0, 0.1) is 5.92 Å². The number of carboxylic acids is 1. The second-order valence-electron chi connectivity index (χ2n) is 9.44. The summed E-state index contributed by atoms with van der Waals surface area (Å²) in [5.74, 6) is -4.94. The minimum Gasteiger partial charge on any atom is -0.507 e. The van der Waals surface area contributed by atoms with Crippen LogP contribution in [0.2, 0.25) is 0 Å². The first-order valence-corrected chi connectivity index (χ1v) is 12.1. The molecule has 0 saturated carbocycles. The Hall–Kier alpha value is -3.81. The second-order valence-corrected chi connectivity index (χ2v) is 9.44. The van der Waals surface area contributed by atoms with Crippen molar-refractivity contribution in [3.05, 3.63) is 54.2 Å². The molecule has 1 aromatic carbocycles. The molecule has 0 bridgehead atoms. The van der Waals surface area contributed by atoms with Crippen molar-refractivity contribution in [2.75, 3.05) is 0 Å². The van der Waals surface area contributed by atoms with E-state index in [0.29, 0.717) is 5.69 Å². The molecule has 13 heteroatoms. The third kappa shape index (κ3) is 7.15. The summed E-state index contributed by atoms with van der Waals surface area (Å²) in [5.41, 5.74) is 6.96. The van der Waals surface area contributed by atoms with E-state index < -0.39 is 61.1 Å². The van der Waals surface area contributed by atoms with Crippen LogP contribution in [0.3, 0.4) is 0 Å². The van der Waals surface area contributed by atoms with Crippen molar-refractivity contribution in [1.82, 2.24) is 15.6 Å². The van der Waals surface area contributed by atoms with E-state index in [-0.39, 0.29) is 18.0 Å². The number of aliphatic hydroxyl groups excluding tert-OH is 1. The number of amides is 2. The van der Waals surface area contributed by atoms with E-state index in [9.17, 15) is 29.4 Å². The number of hydrogen-bond donors (Lipinski definition) is 5. The maximum Gasteiger partial charge on any atom is 0.552 e. The monoisotopic (exact) mass is 526 g/mol. The minimum absolute atomic E-state index is 0.0337. The van der Waals surface area contributed by atoms with Crippen LogP contribution in [0.15, 0.2) is 48.5 Å². The van der Waals surface area contributed by atoms with Crippen LogP contribution in [0.25, 0.3) is 11.3 Å². The molecule has 38 heavy (non-hydrogen) atoms. The molecule has 1 aliphatic heterocycles. The zero-order valence-corrected chi connectivity index (χ0v) is 21.2. The average Bonchev–Trinajstić information content (AvgIpc) is 2.88. The maximum absolute atomic E-state index is 13.2. The van der Waals surface area contributed by atoms with Gasteiger partial charge < -0.3 is 35.9 Å². The van der Waals surface area contributed by atoms with Crippen molar-refractivity contribution in [1.29, 1.82) is 0 Å². The van der Waals surface area contributed by atoms with Gasteiger partial charge in [0.2, 0.25) is 5.91 Å². The Labute approximate surface area is 220 Å². The lowest BCUT2D eigenvalue weighted by Gasteiger charge is -2.34. The van der Waals surface area contributed by atoms with Crippen LogP contribution in [0.4, 0.5) is 0 Å². The van der Waals surface area contributed by atoms with Gasteiger partial charge in [-0.2, -0.15) is 0 Å². The molecule has 202 valence electrons. The van der Waals surface area contributed by atoms with Gasteiger partial charge in [-0.15, -0.1) is 0 Å². The molecular formula is C25H31BN4O8. The van der Waals surface area contributed by atoms with E-state index in [1.165, 1.54) is 13.0 Å². The van der Waals surface area contributed by atoms with E-state index >= 15 is 0 Å². The van der Waals surface area contributed by atoms with E-state index in [2.05, 4.69) is 15.6 Å². The molecule has 1 aliphatic rings. The van der Waals surface area contributed by atoms with Gasteiger partial charge in [0.15, 0.2) is 6.10 Å². The minimum atomic E-state index is -1.66. The average molecular weight is 526 g/mol. The van der Waals surface area contributed by atoms with Gasteiger partial charge in [-0.1, -0.05) is 50.2 Å². The number of carboxylic acid groups (broad SMARTS) is 1. The lowest BCUT2D eigenvalue weighted by Crippen LogP contribution is -2.64. The van der Waals surface area contributed by atoms with Crippen molar-refractivity contribution < 1.29 is 38.7 Å². The highest BCUT2D eigenvalue weighted by molar-refractivity contribution is 6.50. The topological polar surface area (TPSA) is 190 Å². The quantitative estimate of drug-likeness (QED) is 0.266. The molecule has 3 rings (SSSR count). The summed E-state index contributed by atoms with van der Waals surface area (Å²) in [6.07, 6.45) is -2.75. The Balaban J connectivity index is 1.77. The fraction of sp³-hybridized carbons (Fsp3) is 0.400. The van der Waals surface area contributed by atoms with Crippen LogP contribution in [0.5, 0.6) is 0 Å². The highest BCUT2D eigenvalue weighted by atomic mass is 16.6. The van der Waals surface area contributed by atoms with Crippen molar-refractivity contribution in [3.63, 3.8) is 0 Å². The first-order valence-electron chi connectivity index (χ1n) is 12.1. The SMILES string of the molecule is CC(C)C[C@H](NC(=O)[C@@H](NC(=O)c1cccc(-c2ccccc2)n1)[C@@H](C)O)B1OC(=O)[C@@H](N)[C@H](C(=O)O)O1. The van der Waals surface area contributed by atoms with E-state index in [4.69, 9.17) is 15.0 Å². The second kappa shape index (κ2) is 12.6. The third-order valence-electron chi connectivity index (χ3n) is 5.84. The molecule has 0 radical (unpaired) electrons. The first-order chi connectivity index (χ1) is 18.0. The van der Waals surface area contributed by atoms with Crippen LogP contribution >= 0.6 is 0 Å². The summed E-state index contributed by atoms with van der Waals surface area (Å²) < 4.78 is 10.6. The van der Waals surface area contributed by atoms with Gasteiger partial charge in [0, 0.05) is 5.56 Å². The molecule has 2 aromatic rings. The van der Waals surface area contributed by atoms with E-state index in [1.807, 2.05) is 44.2 Å². The van der Waals surface area contributed by atoms with Gasteiger partial charge >= 0.3 is 19.1 Å². The van der Waals surface area contributed by atoms with Crippen LogP contribution in [0.1, 0.15) is 37.7 Å². The van der Waals surface area contributed by atoms with Crippen molar-refractivity contribution in [2.24, 2.45) is 11.7 Å². The third-order valence-corrected chi connectivity index (χ3v) is 5.84. The van der Waals surface area contributed by atoms with Gasteiger partial charge in [0.05, 0.1) is 17.7 Å². The molecule has 1 saturated heterocycles. The number of nitrogens with zero attached hydrogens (tertiary/aromatic N) is 1. The number of benzene rings is 1. The normalized spacial score (nSPS) is 19.7. The Morgan fingerprint density at radius 3 is 2.37 bits per heavy atom. The van der Waals surface area contributed by atoms with Crippen LogP contribution in [-0.4, -0.2) is 76.3 Å². The number of aliphatic hydroxyl groups is 1. The number of rotatable bonds is 10. The van der Waals surface area contributed by atoms with Crippen LogP contribution in [-0.2, 0) is 23.7 Å². The van der Waals surface area contributed by atoms with Gasteiger partial charge in [0.25, 0.3) is 5.91 Å². The zero-order chi connectivity index (χ0) is 28.0. The Morgan fingerprint density at radius 1 is 1.08 bits per heavy atom. The van der Waals surface area contributed by atoms with Crippen molar-refractivity contribution in [2.45, 2.75) is 57.4 Å². The molecule has 2 heterocycles. The fourth-order valence-electron chi connectivity index (χ4n) is 3.93.